The topological polar surface area (TPSA) is 38.5 Å². The summed E-state index contributed by atoms with van der Waals surface area (Å²) in [5.41, 5.74) is 6.90. The van der Waals surface area contributed by atoms with Crippen LogP contribution < -0.4 is 5.73 Å². The van der Waals surface area contributed by atoms with Gasteiger partial charge in [0.15, 0.2) is 0 Å². The summed E-state index contributed by atoms with van der Waals surface area (Å²) in [7, 11) is 0. The molecule has 3 nitrogen and oxygen atoms in total. The van der Waals surface area contributed by atoms with Crippen LogP contribution in [0.1, 0.15) is 66.7 Å². The number of morpholine rings is 1. The van der Waals surface area contributed by atoms with Gasteiger partial charge in [-0.1, -0.05) is 27.2 Å². The minimum atomic E-state index is -0.0316. The third-order valence-electron chi connectivity index (χ3n) is 5.85. The number of rotatable bonds is 2. The van der Waals surface area contributed by atoms with Crippen LogP contribution in [-0.4, -0.2) is 42.3 Å². The molecule has 0 radical (unpaired) electrons. The number of nitrogens with zero attached hydrogens (tertiary/aromatic N) is 1. The molecule has 1 aliphatic carbocycles. The molecule has 2 aliphatic rings. The van der Waals surface area contributed by atoms with Crippen molar-refractivity contribution in [2.45, 2.75) is 77.9 Å². The zero-order chi connectivity index (χ0) is 15.7. The summed E-state index contributed by atoms with van der Waals surface area (Å²) >= 11 is 0. The van der Waals surface area contributed by atoms with Crippen LogP contribution in [0.15, 0.2) is 0 Å². The van der Waals surface area contributed by atoms with Gasteiger partial charge in [0.1, 0.15) is 0 Å². The second-order valence-electron chi connectivity index (χ2n) is 8.95. The van der Waals surface area contributed by atoms with E-state index in [1.54, 1.807) is 0 Å². The van der Waals surface area contributed by atoms with Crippen LogP contribution in [0.3, 0.4) is 0 Å². The fraction of sp³-hybridized carbons (Fsp3) is 1.00. The predicted molar refractivity (Wildman–Crippen MR) is 89.4 cm³/mol. The summed E-state index contributed by atoms with van der Waals surface area (Å²) in [6.45, 7) is 15.3. The zero-order valence-corrected chi connectivity index (χ0v) is 14.9. The van der Waals surface area contributed by atoms with E-state index in [0.29, 0.717) is 5.41 Å². The van der Waals surface area contributed by atoms with Crippen LogP contribution in [0, 0.1) is 11.3 Å². The molecule has 2 N–H and O–H groups in total. The lowest BCUT2D eigenvalue weighted by molar-refractivity contribution is -0.118. The SMILES string of the molecule is CC1(C)CN(C2(CN)CCCC(C(C)(C)C)CC2)CCO1. The third kappa shape index (κ3) is 4.00. The molecule has 1 aliphatic heterocycles. The Kier molecular flexibility index (Phi) is 5.07. The van der Waals surface area contributed by atoms with Crippen molar-refractivity contribution in [3.63, 3.8) is 0 Å². The number of hydrogen-bond donors (Lipinski definition) is 1. The highest BCUT2D eigenvalue weighted by molar-refractivity contribution is 4.98. The Bertz CT molecular complexity index is 348. The Morgan fingerprint density at radius 3 is 2.48 bits per heavy atom. The van der Waals surface area contributed by atoms with E-state index in [0.717, 1.165) is 32.2 Å². The molecule has 0 aromatic heterocycles. The first-order valence-corrected chi connectivity index (χ1v) is 8.78. The van der Waals surface area contributed by atoms with Gasteiger partial charge in [0.2, 0.25) is 0 Å². The molecule has 0 amide bonds. The highest BCUT2D eigenvalue weighted by Gasteiger charge is 2.42. The van der Waals surface area contributed by atoms with Gasteiger partial charge in [-0.15, -0.1) is 0 Å². The summed E-state index contributed by atoms with van der Waals surface area (Å²) < 4.78 is 5.90. The van der Waals surface area contributed by atoms with Gasteiger partial charge >= 0.3 is 0 Å². The van der Waals surface area contributed by atoms with Crippen molar-refractivity contribution >= 4 is 0 Å². The van der Waals surface area contributed by atoms with Crippen LogP contribution in [0.25, 0.3) is 0 Å². The first kappa shape index (κ1) is 17.2. The van der Waals surface area contributed by atoms with Crippen LogP contribution in [-0.2, 0) is 4.74 Å². The van der Waals surface area contributed by atoms with Crippen molar-refractivity contribution < 1.29 is 4.74 Å². The Hall–Kier alpha value is -0.120. The maximum atomic E-state index is 6.30. The highest BCUT2D eigenvalue weighted by atomic mass is 16.5. The summed E-state index contributed by atoms with van der Waals surface area (Å²) in [6.07, 6.45) is 6.50. The van der Waals surface area contributed by atoms with Crippen molar-refractivity contribution in [2.75, 3.05) is 26.2 Å². The standard InChI is InChI=1S/C18H36N2O/c1-16(2,3)15-7-6-9-18(13-19,10-8-15)20-11-12-21-17(4,5)14-20/h15H,6-14,19H2,1-5H3. The van der Waals surface area contributed by atoms with Gasteiger partial charge in [0.25, 0.3) is 0 Å². The molecule has 2 fully saturated rings. The molecule has 2 unspecified atom stereocenters. The fourth-order valence-electron chi connectivity index (χ4n) is 4.33. The molecule has 2 atom stereocenters. The van der Waals surface area contributed by atoms with E-state index >= 15 is 0 Å². The maximum absolute atomic E-state index is 6.30. The average Bonchev–Trinajstić information content (AvgIpc) is 2.60. The number of ether oxygens (including phenoxy) is 1. The van der Waals surface area contributed by atoms with Crippen molar-refractivity contribution in [2.24, 2.45) is 17.1 Å². The minimum absolute atomic E-state index is 0.0316. The first-order valence-electron chi connectivity index (χ1n) is 8.78. The second kappa shape index (κ2) is 6.17. The summed E-state index contributed by atoms with van der Waals surface area (Å²) in [5, 5.41) is 0. The quantitative estimate of drug-likeness (QED) is 0.794. The Labute approximate surface area is 131 Å². The van der Waals surface area contributed by atoms with Crippen molar-refractivity contribution in [3.05, 3.63) is 0 Å². The normalized spacial score (nSPS) is 35.4. The maximum Gasteiger partial charge on any atom is 0.0753 e. The smallest absolute Gasteiger partial charge is 0.0753 e. The molecule has 1 saturated carbocycles. The minimum Gasteiger partial charge on any atom is -0.373 e. The lowest BCUT2D eigenvalue weighted by Crippen LogP contribution is -2.61. The predicted octanol–water partition coefficient (Wildman–Crippen LogP) is 3.42. The van der Waals surface area contributed by atoms with E-state index in [9.17, 15) is 0 Å². The van der Waals surface area contributed by atoms with Crippen molar-refractivity contribution in [1.82, 2.24) is 4.90 Å². The average molecular weight is 296 g/mol. The molecule has 1 heterocycles. The summed E-state index contributed by atoms with van der Waals surface area (Å²) in [4.78, 5) is 2.65. The molecule has 3 heteroatoms. The van der Waals surface area contributed by atoms with E-state index < -0.39 is 0 Å². The van der Waals surface area contributed by atoms with Gasteiger partial charge in [-0.05, 0) is 50.9 Å². The van der Waals surface area contributed by atoms with Crippen molar-refractivity contribution in [1.29, 1.82) is 0 Å². The van der Waals surface area contributed by atoms with Gasteiger partial charge in [0.05, 0.1) is 12.2 Å². The van der Waals surface area contributed by atoms with Crippen LogP contribution in [0.5, 0.6) is 0 Å². The number of hydrogen-bond acceptors (Lipinski definition) is 3. The molecular weight excluding hydrogens is 260 g/mol. The number of nitrogens with two attached hydrogens (primary N) is 1. The molecule has 2 rings (SSSR count). The van der Waals surface area contributed by atoms with Gasteiger partial charge in [-0.3, -0.25) is 4.90 Å². The van der Waals surface area contributed by atoms with E-state index in [2.05, 4.69) is 39.5 Å². The van der Waals surface area contributed by atoms with Gasteiger partial charge < -0.3 is 10.5 Å². The van der Waals surface area contributed by atoms with E-state index in [-0.39, 0.29) is 11.1 Å². The molecule has 0 aromatic carbocycles. The first-order chi connectivity index (χ1) is 9.69. The van der Waals surface area contributed by atoms with Crippen LogP contribution in [0.2, 0.25) is 0 Å². The molecule has 0 bridgehead atoms. The lowest BCUT2D eigenvalue weighted by Gasteiger charge is -2.49. The molecule has 124 valence electrons. The lowest BCUT2D eigenvalue weighted by atomic mass is 9.76. The fourth-order valence-corrected chi connectivity index (χ4v) is 4.33. The second-order valence-corrected chi connectivity index (χ2v) is 8.95. The Morgan fingerprint density at radius 2 is 1.90 bits per heavy atom. The highest BCUT2D eigenvalue weighted by Crippen LogP contribution is 2.42. The van der Waals surface area contributed by atoms with E-state index in [1.807, 2.05) is 0 Å². The largest absolute Gasteiger partial charge is 0.373 e. The van der Waals surface area contributed by atoms with E-state index in [4.69, 9.17) is 10.5 Å². The Morgan fingerprint density at radius 1 is 1.19 bits per heavy atom. The Balaban J connectivity index is 2.11. The molecule has 1 saturated heterocycles. The molecule has 0 aromatic rings. The van der Waals surface area contributed by atoms with Crippen LogP contribution >= 0.6 is 0 Å². The van der Waals surface area contributed by atoms with Gasteiger partial charge in [0, 0.05) is 25.2 Å². The monoisotopic (exact) mass is 296 g/mol. The molecule has 0 spiro atoms. The molecular formula is C18H36N2O. The summed E-state index contributed by atoms with van der Waals surface area (Å²) in [6, 6.07) is 0. The van der Waals surface area contributed by atoms with E-state index in [1.165, 1.54) is 32.1 Å². The third-order valence-corrected chi connectivity index (χ3v) is 5.85. The van der Waals surface area contributed by atoms with Crippen molar-refractivity contribution in [3.8, 4) is 0 Å². The van der Waals surface area contributed by atoms with Gasteiger partial charge in [-0.25, -0.2) is 0 Å². The zero-order valence-electron chi connectivity index (χ0n) is 14.9. The summed E-state index contributed by atoms with van der Waals surface area (Å²) in [5.74, 6) is 0.833. The molecule has 21 heavy (non-hydrogen) atoms. The van der Waals surface area contributed by atoms with Crippen LogP contribution in [0.4, 0.5) is 0 Å². The van der Waals surface area contributed by atoms with Gasteiger partial charge in [-0.2, -0.15) is 0 Å².